The van der Waals surface area contributed by atoms with Crippen molar-refractivity contribution in [1.29, 1.82) is 0 Å². The third-order valence-electron chi connectivity index (χ3n) is 3.40. The van der Waals surface area contributed by atoms with Crippen LogP contribution in [-0.4, -0.2) is 28.4 Å². The van der Waals surface area contributed by atoms with Crippen LogP contribution >= 0.6 is 0 Å². The van der Waals surface area contributed by atoms with Gasteiger partial charge in [-0.1, -0.05) is 12.1 Å². The van der Waals surface area contributed by atoms with Crippen molar-refractivity contribution in [3.63, 3.8) is 0 Å². The van der Waals surface area contributed by atoms with Gasteiger partial charge in [-0.15, -0.1) is 5.10 Å². The van der Waals surface area contributed by atoms with Crippen molar-refractivity contribution in [2.24, 2.45) is 0 Å². The summed E-state index contributed by atoms with van der Waals surface area (Å²) in [5.41, 5.74) is 0.0869. The fourth-order valence-electron chi connectivity index (χ4n) is 2.18. The second-order valence-corrected chi connectivity index (χ2v) is 5.84. The Bertz CT molecular complexity index is 715. The molecule has 0 unspecified atom stereocenters. The highest BCUT2D eigenvalue weighted by Crippen LogP contribution is 2.21. The van der Waals surface area contributed by atoms with Crippen LogP contribution in [0.5, 0.6) is 5.75 Å². The van der Waals surface area contributed by atoms with Gasteiger partial charge in [0.15, 0.2) is 5.60 Å². The third-order valence-corrected chi connectivity index (χ3v) is 3.40. The van der Waals surface area contributed by atoms with Gasteiger partial charge in [0.05, 0.1) is 6.61 Å². The number of hydrogen-bond donors (Lipinski definition) is 1. The van der Waals surface area contributed by atoms with Crippen LogP contribution in [0.1, 0.15) is 38.6 Å². The Labute approximate surface area is 140 Å². The van der Waals surface area contributed by atoms with Gasteiger partial charge in [0.25, 0.3) is 0 Å². The predicted molar refractivity (Wildman–Crippen MR) is 86.9 cm³/mol. The molecule has 0 atom stereocenters. The number of carbonyl (C=O) groups is 1. The van der Waals surface area contributed by atoms with Gasteiger partial charge in [0.1, 0.15) is 5.75 Å². The number of carbonyl (C=O) groups excluding carboxylic acids is 1. The normalized spacial score (nSPS) is 11.3. The number of hydrogen-bond acceptors (Lipinski definition) is 6. The molecule has 1 heterocycles. The van der Waals surface area contributed by atoms with Gasteiger partial charge in [-0.05, 0) is 51.3 Å². The quantitative estimate of drug-likeness (QED) is 0.744. The zero-order valence-electron chi connectivity index (χ0n) is 14.1. The number of aromatic nitrogens is 2. The molecule has 1 N–H and O–H groups in total. The van der Waals surface area contributed by atoms with Crippen molar-refractivity contribution in [1.82, 2.24) is 10.2 Å². The van der Waals surface area contributed by atoms with E-state index in [0.717, 1.165) is 18.4 Å². The van der Waals surface area contributed by atoms with Gasteiger partial charge in [-0.3, -0.25) is 0 Å². The Kier molecular flexibility index (Phi) is 5.78. The first-order chi connectivity index (χ1) is 11.4. The highest BCUT2D eigenvalue weighted by molar-refractivity contribution is 5.79. The topological polar surface area (TPSA) is 94.4 Å². The number of nitrogens with zero attached hydrogens (tertiary/aromatic N) is 1. The van der Waals surface area contributed by atoms with E-state index in [1.165, 1.54) is 0 Å². The number of nitrogens with one attached hydrogen (secondary N) is 1. The maximum absolute atomic E-state index is 11.8. The lowest BCUT2D eigenvalue weighted by atomic mass is 10.1. The molecule has 0 aliphatic rings. The summed E-state index contributed by atoms with van der Waals surface area (Å²) in [5, 5.41) is 6.00. The van der Waals surface area contributed by atoms with Crippen LogP contribution in [0.2, 0.25) is 0 Å². The molecule has 24 heavy (non-hydrogen) atoms. The predicted octanol–water partition coefficient (Wildman–Crippen LogP) is 2.26. The average Bonchev–Trinajstić information content (AvgIpc) is 2.94. The van der Waals surface area contributed by atoms with E-state index < -0.39 is 17.3 Å². The first-order valence-corrected chi connectivity index (χ1v) is 7.90. The summed E-state index contributed by atoms with van der Waals surface area (Å²) in [6, 6.07) is 7.53. The van der Waals surface area contributed by atoms with Crippen molar-refractivity contribution >= 4 is 5.97 Å². The van der Waals surface area contributed by atoms with E-state index in [2.05, 4.69) is 10.2 Å². The lowest BCUT2D eigenvalue weighted by Gasteiger charge is -2.24. The van der Waals surface area contributed by atoms with Crippen molar-refractivity contribution in [2.45, 2.75) is 45.6 Å². The maximum Gasteiger partial charge on any atom is 0.434 e. The molecule has 2 rings (SSSR count). The van der Waals surface area contributed by atoms with Crippen molar-refractivity contribution in [2.75, 3.05) is 6.61 Å². The molecular formula is C17H22N2O5. The maximum atomic E-state index is 11.8. The van der Waals surface area contributed by atoms with Gasteiger partial charge in [0, 0.05) is 6.42 Å². The van der Waals surface area contributed by atoms with Gasteiger partial charge in [0.2, 0.25) is 5.89 Å². The number of esters is 1. The van der Waals surface area contributed by atoms with E-state index in [-0.39, 0.29) is 0 Å². The smallest absolute Gasteiger partial charge is 0.434 e. The average molecular weight is 334 g/mol. The molecule has 7 nitrogen and oxygen atoms in total. The van der Waals surface area contributed by atoms with Crippen molar-refractivity contribution in [3.05, 3.63) is 46.3 Å². The molecule has 0 amide bonds. The van der Waals surface area contributed by atoms with Crippen LogP contribution < -0.4 is 10.5 Å². The van der Waals surface area contributed by atoms with E-state index in [1.54, 1.807) is 20.8 Å². The number of ether oxygens (including phenoxy) is 2. The Balaban J connectivity index is 1.86. The lowest BCUT2D eigenvalue weighted by Crippen LogP contribution is -2.39. The Morgan fingerprint density at radius 2 is 1.96 bits per heavy atom. The summed E-state index contributed by atoms with van der Waals surface area (Å²) in [5.74, 6) is 0.0940. The summed E-state index contributed by atoms with van der Waals surface area (Å²) in [4.78, 5) is 22.7. The highest BCUT2D eigenvalue weighted by atomic mass is 16.6. The summed E-state index contributed by atoms with van der Waals surface area (Å²) in [7, 11) is 0. The molecule has 0 saturated carbocycles. The second kappa shape index (κ2) is 7.81. The number of aromatic amines is 1. The third kappa shape index (κ3) is 4.97. The minimum atomic E-state index is -1.03. The van der Waals surface area contributed by atoms with E-state index in [4.69, 9.17) is 13.9 Å². The summed E-state index contributed by atoms with van der Waals surface area (Å²) in [6.07, 6.45) is 2.22. The Hall–Kier alpha value is -2.57. The van der Waals surface area contributed by atoms with Crippen LogP contribution in [0.25, 0.3) is 0 Å². The van der Waals surface area contributed by atoms with Gasteiger partial charge < -0.3 is 13.9 Å². The largest absolute Gasteiger partial charge is 0.476 e. The van der Waals surface area contributed by atoms with Crippen LogP contribution in [0, 0.1) is 0 Å². The molecule has 0 aliphatic carbocycles. The summed E-state index contributed by atoms with van der Waals surface area (Å²) >= 11 is 0. The fourth-order valence-corrected chi connectivity index (χ4v) is 2.18. The highest BCUT2D eigenvalue weighted by Gasteiger charge is 2.31. The van der Waals surface area contributed by atoms with E-state index in [1.807, 2.05) is 24.3 Å². The van der Waals surface area contributed by atoms with Crippen LogP contribution in [0.15, 0.2) is 33.5 Å². The van der Waals surface area contributed by atoms with Crippen molar-refractivity contribution < 1.29 is 18.7 Å². The Morgan fingerprint density at radius 1 is 1.25 bits per heavy atom. The molecule has 0 aliphatic heterocycles. The molecule has 0 saturated heterocycles. The fraction of sp³-hybridized carbons (Fsp3) is 0.471. The minimum absolute atomic E-state index is 0.320. The molecule has 0 radical (unpaired) electrons. The molecule has 1 aromatic carbocycles. The van der Waals surface area contributed by atoms with Crippen LogP contribution in [0.3, 0.4) is 0 Å². The Morgan fingerprint density at radius 3 is 2.54 bits per heavy atom. The second-order valence-electron chi connectivity index (χ2n) is 5.84. The number of H-pyrrole nitrogens is 1. The van der Waals surface area contributed by atoms with Crippen LogP contribution in [0.4, 0.5) is 0 Å². The molecule has 7 heteroatoms. The summed E-state index contributed by atoms with van der Waals surface area (Å²) < 4.78 is 15.6. The standard InChI is InChI=1S/C17H22N2O5/c1-4-22-15(20)17(2,3)24-13-10-8-12(9-11-13)6-5-7-14-18-19-16(21)23-14/h8-11H,4-7H2,1-3H3,(H,19,21). The molecular weight excluding hydrogens is 312 g/mol. The molecule has 0 bridgehead atoms. The van der Waals surface area contributed by atoms with E-state index >= 15 is 0 Å². The zero-order chi connectivity index (χ0) is 17.6. The first kappa shape index (κ1) is 17.8. The molecule has 2 aromatic rings. The lowest BCUT2D eigenvalue weighted by molar-refractivity contribution is -0.158. The van der Waals surface area contributed by atoms with E-state index in [0.29, 0.717) is 24.7 Å². The molecule has 0 spiro atoms. The molecule has 1 aromatic heterocycles. The van der Waals surface area contributed by atoms with Crippen LogP contribution in [-0.2, 0) is 22.4 Å². The molecule has 0 fully saturated rings. The first-order valence-electron chi connectivity index (χ1n) is 7.90. The minimum Gasteiger partial charge on any atom is -0.476 e. The number of aryl methyl sites for hydroxylation is 2. The monoisotopic (exact) mass is 334 g/mol. The zero-order valence-corrected chi connectivity index (χ0v) is 14.1. The number of rotatable bonds is 8. The van der Waals surface area contributed by atoms with Gasteiger partial charge >= 0.3 is 11.7 Å². The van der Waals surface area contributed by atoms with Gasteiger partial charge in [-0.25, -0.2) is 14.7 Å². The number of benzene rings is 1. The summed E-state index contributed by atoms with van der Waals surface area (Å²) in [6.45, 7) is 5.44. The van der Waals surface area contributed by atoms with Gasteiger partial charge in [-0.2, -0.15) is 0 Å². The SMILES string of the molecule is CCOC(=O)C(C)(C)Oc1ccc(CCCc2n[nH]c(=O)o2)cc1. The molecule has 130 valence electrons. The van der Waals surface area contributed by atoms with Crippen molar-refractivity contribution in [3.8, 4) is 5.75 Å². The van der Waals surface area contributed by atoms with E-state index in [9.17, 15) is 9.59 Å².